The quantitative estimate of drug-likeness (QED) is 0.781. The molecule has 6 heteroatoms. The third kappa shape index (κ3) is 3.97. The van der Waals surface area contributed by atoms with Gasteiger partial charge in [0.05, 0.1) is 11.8 Å². The summed E-state index contributed by atoms with van der Waals surface area (Å²) in [6, 6.07) is 2.21. The maximum absolute atomic E-state index is 5.63. The van der Waals surface area contributed by atoms with Crippen molar-refractivity contribution < 1.29 is 4.74 Å². The molecule has 2 aromatic rings. The molecule has 1 atom stereocenters. The molecule has 2 aromatic heterocycles. The van der Waals surface area contributed by atoms with E-state index in [0.29, 0.717) is 6.10 Å². The Morgan fingerprint density at radius 3 is 3.04 bits per heavy atom. The van der Waals surface area contributed by atoms with Gasteiger partial charge in [-0.25, -0.2) is 4.98 Å². The zero-order chi connectivity index (χ0) is 15.5. The molecule has 0 spiro atoms. The molecule has 1 aliphatic heterocycles. The molecule has 1 saturated heterocycles. The average Bonchev–Trinajstić information content (AvgIpc) is 3.22. The van der Waals surface area contributed by atoms with Gasteiger partial charge in [0.1, 0.15) is 0 Å². The number of ether oxygens (including phenoxy) is 1. The summed E-state index contributed by atoms with van der Waals surface area (Å²) in [4.78, 5) is 4.73. The number of aromatic nitrogens is 2. The molecule has 0 saturated carbocycles. The number of aryl methyl sites for hydroxylation is 1. The first kappa shape index (κ1) is 18.0. The van der Waals surface area contributed by atoms with Gasteiger partial charge >= 0.3 is 0 Å². The van der Waals surface area contributed by atoms with Crippen LogP contribution in [0.4, 0.5) is 5.13 Å². The van der Waals surface area contributed by atoms with Crippen molar-refractivity contribution in [3.8, 4) is 11.3 Å². The van der Waals surface area contributed by atoms with E-state index in [-0.39, 0.29) is 12.4 Å². The third-order valence-corrected chi connectivity index (χ3v) is 4.97. The van der Waals surface area contributed by atoms with Crippen LogP contribution in [0, 0.1) is 13.8 Å². The summed E-state index contributed by atoms with van der Waals surface area (Å²) in [5.74, 6) is 0. The lowest BCUT2D eigenvalue weighted by molar-refractivity contribution is 0.120. The topological polar surface area (TPSA) is 39.1 Å². The Bertz CT molecular complexity index is 659. The first-order valence-corrected chi connectivity index (χ1v) is 8.66. The van der Waals surface area contributed by atoms with Crippen molar-refractivity contribution in [2.75, 3.05) is 18.5 Å². The first-order valence-electron chi connectivity index (χ1n) is 7.78. The number of nitrogens with zero attached hydrogens (tertiary/aromatic N) is 2. The molecule has 0 radical (unpaired) electrons. The minimum atomic E-state index is 0. The van der Waals surface area contributed by atoms with Crippen molar-refractivity contribution in [2.45, 2.75) is 39.3 Å². The van der Waals surface area contributed by atoms with Gasteiger partial charge in [0.25, 0.3) is 0 Å². The average molecular weight is 354 g/mol. The van der Waals surface area contributed by atoms with Crippen molar-refractivity contribution >= 4 is 28.9 Å². The zero-order valence-electron chi connectivity index (χ0n) is 13.7. The number of hydrogen-bond donors (Lipinski definition) is 1. The molecule has 0 bridgehead atoms. The normalized spacial score (nSPS) is 17.0. The molecule has 4 nitrogen and oxygen atoms in total. The largest absolute Gasteiger partial charge is 0.376 e. The second-order valence-electron chi connectivity index (χ2n) is 5.74. The Hall–Kier alpha value is -1.30. The van der Waals surface area contributed by atoms with Crippen LogP contribution in [0.15, 0.2) is 24.1 Å². The van der Waals surface area contributed by atoms with E-state index < -0.39 is 0 Å². The molecule has 1 unspecified atom stereocenters. The van der Waals surface area contributed by atoms with E-state index in [1.54, 1.807) is 11.3 Å². The van der Waals surface area contributed by atoms with Crippen LogP contribution in [0.1, 0.15) is 24.2 Å². The van der Waals surface area contributed by atoms with Crippen molar-refractivity contribution in [1.82, 2.24) is 9.55 Å². The van der Waals surface area contributed by atoms with E-state index in [4.69, 9.17) is 9.72 Å². The van der Waals surface area contributed by atoms with Crippen LogP contribution in [0.25, 0.3) is 11.3 Å². The summed E-state index contributed by atoms with van der Waals surface area (Å²) in [5, 5.41) is 6.50. The van der Waals surface area contributed by atoms with Crippen LogP contribution in [0.5, 0.6) is 0 Å². The number of allylic oxidation sites excluding steroid dienone is 1. The monoisotopic (exact) mass is 353 g/mol. The standard InChI is InChI=1S/C17H23N3OS.ClH/c1-4-7-20-12(2)9-15(13(20)3)16-11-22-17(19-16)18-10-14-6-5-8-21-14;/h4,9,11,14H,1,5-8,10H2,2-3H3,(H,18,19);1H. The van der Waals surface area contributed by atoms with Gasteiger partial charge in [-0.2, -0.15) is 0 Å². The number of hydrogen-bond acceptors (Lipinski definition) is 4. The molecule has 1 N–H and O–H groups in total. The van der Waals surface area contributed by atoms with E-state index in [1.807, 2.05) is 6.08 Å². The van der Waals surface area contributed by atoms with Crippen LogP contribution in [0.2, 0.25) is 0 Å². The molecule has 0 aliphatic carbocycles. The molecule has 1 fully saturated rings. The van der Waals surface area contributed by atoms with Crippen LogP contribution in [-0.2, 0) is 11.3 Å². The van der Waals surface area contributed by atoms with Gasteiger partial charge in [-0.3, -0.25) is 0 Å². The van der Waals surface area contributed by atoms with Crippen LogP contribution >= 0.6 is 23.7 Å². The number of thiazole rings is 1. The van der Waals surface area contributed by atoms with Crippen molar-refractivity contribution in [3.63, 3.8) is 0 Å². The predicted octanol–water partition coefficient (Wildman–Crippen LogP) is 4.43. The minimum Gasteiger partial charge on any atom is -0.376 e. The summed E-state index contributed by atoms with van der Waals surface area (Å²) in [5.41, 5.74) is 4.74. The van der Waals surface area contributed by atoms with Crippen LogP contribution in [-0.4, -0.2) is 28.8 Å². The van der Waals surface area contributed by atoms with E-state index in [2.05, 4.69) is 41.8 Å². The fraction of sp³-hybridized carbons (Fsp3) is 0.471. The van der Waals surface area contributed by atoms with E-state index in [0.717, 1.165) is 36.9 Å². The lowest BCUT2D eigenvalue weighted by atomic mass is 10.2. The number of anilines is 1. The SMILES string of the molecule is C=CCn1c(C)cc(-c2csc(NCC3CCCO3)n2)c1C.Cl. The van der Waals surface area contributed by atoms with Crippen LogP contribution < -0.4 is 5.32 Å². The maximum atomic E-state index is 5.63. The summed E-state index contributed by atoms with van der Waals surface area (Å²) in [6.45, 7) is 10.7. The highest BCUT2D eigenvalue weighted by Gasteiger charge is 2.16. The number of halogens is 1. The second-order valence-corrected chi connectivity index (χ2v) is 6.60. The van der Waals surface area contributed by atoms with Gasteiger partial charge in [0.2, 0.25) is 0 Å². The molecular formula is C17H24ClN3OS. The van der Waals surface area contributed by atoms with Gasteiger partial charge in [-0.1, -0.05) is 6.08 Å². The third-order valence-electron chi connectivity index (χ3n) is 4.17. The fourth-order valence-corrected chi connectivity index (χ4v) is 3.68. The minimum absolute atomic E-state index is 0. The molecular weight excluding hydrogens is 330 g/mol. The highest BCUT2D eigenvalue weighted by molar-refractivity contribution is 7.14. The molecule has 0 amide bonds. The Morgan fingerprint density at radius 1 is 1.52 bits per heavy atom. The maximum Gasteiger partial charge on any atom is 0.183 e. The highest BCUT2D eigenvalue weighted by Crippen LogP contribution is 2.30. The Balaban J connectivity index is 0.00000192. The van der Waals surface area contributed by atoms with E-state index in [1.165, 1.54) is 23.4 Å². The van der Waals surface area contributed by atoms with Gasteiger partial charge in [0.15, 0.2) is 5.13 Å². The smallest absolute Gasteiger partial charge is 0.183 e. The predicted molar refractivity (Wildman–Crippen MR) is 99.9 cm³/mol. The summed E-state index contributed by atoms with van der Waals surface area (Å²) >= 11 is 1.66. The molecule has 1 aliphatic rings. The van der Waals surface area contributed by atoms with Gasteiger partial charge < -0.3 is 14.6 Å². The van der Waals surface area contributed by atoms with Crippen molar-refractivity contribution in [1.29, 1.82) is 0 Å². The number of nitrogens with one attached hydrogen (secondary N) is 1. The van der Waals surface area contributed by atoms with Crippen molar-refractivity contribution in [2.24, 2.45) is 0 Å². The lowest BCUT2D eigenvalue weighted by Gasteiger charge is -2.09. The fourth-order valence-electron chi connectivity index (χ4n) is 2.96. The molecule has 3 rings (SSSR count). The van der Waals surface area contributed by atoms with E-state index >= 15 is 0 Å². The summed E-state index contributed by atoms with van der Waals surface area (Å²) < 4.78 is 7.90. The Morgan fingerprint density at radius 2 is 2.35 bits per heavy atom. The summed E-state index contributed by atoms with van der Waals surface area (Å²) in [7, 11) is 0. The zero-order valence-corrected chi connectivity index (χ0v) is 15.3. The Kier molecular flexibility index (Phi) is 6.27. The van der Waals surface area contributed by atoms with Crippen molar-refractivity contribution in [3.05, 3.63) is 35.5 Å². The molecule has 3 heterocycles. The highest BCUT2D eigenvalue weighted by atomic mass is 35.5. The van der Waals surface area contributed by atoms with E-state index in [9.17, 15) is 0 Å². The number of rotatable bonds is 6. The van der Waals surface area contributed by atoms with Gasteiger partial charge in [-0.15, -0.1) is 30.3 Å². The summed E-state index contributed by atoms with van der Waals surface area (Å²) in [6.07, 6.45) is 4.59. The molecule has 23 heavy (non-hydrogen) atoms. The van der Waals surface area contributed by atoms with Gasteiger partial charge in [-0.05, 0) is 32.8 Å². The Labute approximate surface area is 148 Å². The first-order chi connectivity index (χ1) is 10.7. The van der Waals surface area contributed by atoms with Gasteiger partial charge in [0, 0.05) is 42.0 Å². The lowest BCUT2D eigenvalue weighted by Crippen LogP contribution is -2.18. The second kappa shape index (κ2) is 7.99. The van der Waals surface area contributed by atoms with Crippen LogP contribution in [0.3, 0.4) is 0 Å². The molecule has 0 aromatic carbocycles. The molecule has 126 valence electrons.